The maximum absolute atomic E-state index is 12.9. The van der Waals surface area contributed by atoms with E-state index in [1.807, 2.05) is 0 Å². The standard InChI is InChI=1S/C17H23N3O2S/c1-12-13-6-10-23-14(13)5-9-19(12)11-20-15(21)17(18-16(20)22)7-3-2-4-8-17/h6,10,12H,2-5,7-9,11H2,1H3,(H,18,22)/t12-/m0/s1. The van der Waals surface area contributed by atoms with Crippen molar-refractivity contribution in [2.24, 2.45) is 0 Å². The summed E-state index contributed by atoms with van der Waals surface area (Å²) < 4.78 is 0. The maximum atomic E-state index is 12.9. The van der Waals surface area contributed by atoms with Crippen LogP contribution in [0.15, 0.2) is 11.4 Å². The van der Waals surface area contributed by atoms with Gasteiger partial charge in [0.25, 0.3) is 5.91 Å². The third-order valence-electron chi connectivity index (χ3n) is 5.68. The van der Waals surface area contributed by atoms with Crippen LogP contribution in [0.4, 0.5) is 4.79 Å². The molecule has 0 bridgehead atoms. The molecule has 0 radical (unpaired) electrons. The molecule has 3 amide bonds. The molecular formula is C17H23N3O2S. The van der Waals surface area contributed by atoms with Gasteiger partial charge in [-0.15, -0.1) is 11.3 Å². The number of nitrogens with one attached hydrogen (secondary N) is 1. The molecule has 5 nitrogen and oxygen atoms in total. The van der Waals surface area contributed by atoms with Crippen molar-refractivity contribution in [3.05, 3.63) is 21.9 Å². The highest BCUT2D eigenvalue weighted by Crippen LogP contribution is 2.36. The number of hydrogen-bond donors (Lipinski definition) is 1. The topological polar surface area (TPSA) is 52.6 Å². The molecular weight excluding hydrogens is 310 g/mol. The van der Waals surface area contributed by atoms with Crippen LogP contribution in [-0.2, 0) is 11.2 Å². The van der Waals surface area contributed by atoms with E-state index in [0.29, 0.717) is 6.67 Å². The summed E-state index contributed by atoms with van der Waals surface area (Å²) in [6.07, 6.45) is 5.80. The fourth-order valence-corrected chi connectivity index (χ4v) is 5.20. The van der Waals surface area contributed by atoms with Gasteiger partial charge in [-0.3, -0.25) is 9.69 Å². The van der Waals surface area contributed by atoms with Crippen LogP contribution in [0.5, 0.6) is 0 Å². The molecule has 0 aromatic carbocycles. The van der Waals surface area contributed by atoms with Crippen LogP contribution in [0.3, 0.4) is 0 Å². The normalized spacial score (nSPS) is 27.3. The monoisotopic (exact) mass is 333 g/mol. The van der Waals surface area contributed by atoms with Gasteiger partial charge < -0.3 is 5.32 Å². The molecule has 1 aromatic rings. The Kier molecular flexibility index (Phi) is 3.69. The number of amides is 3. The first-order valence-corrected chi connectivity index (χ1v) is 9.43. The van der Waals surface area contributed by atoms with E-state index in [-0.39, 0.29) is 18.0 Å². The molecule has 6 heteroatoms. The lowest BCUT2D eigenvalue weighted by molar-refractivity contribution is -0.134. The van der Waals surface area contributed by atoms with Crippen molar-refractivity contribution in [1.29, 1.82) is 0 Å². The molecule has 2 aliphatic heterocycles. The van der Waals surface area contributed by atoms with E-state index in [1.165, 1.54) is 15.3 Å². The molecule has 1 N–H and O–H groups in total. The molecule has 1 atom stereocenters. The molecule has 3 heterocycles. The molecule has 1 aromatic heterocycles. The Labute approximate surface area is 140 Å². The van der Waals surface area contributed by atoms with Crippen LogP contribution in [0.2, 0.25) is 0 Å². The second kappa shape index (κ2) is 5.60. The first-order chi connectivity index (χ1) is 11.1. The predicted octanol–water partition coefficient (Wildman–Crippen LogP) is 2.88. The van der Waals surface area contributed by atoms with E-state index in [9.17, 15) is 9.59 Å². The molecule has 1 spiro atoms. The minimum absolute atomic E-state index is 0.00878. The fraction of sp³-hybridized carbons (Fsp3) is 0.647. The summed E-state index contributed by atoms with van der Waals surface area (Å²) in [6, 6.07) is 2.22. The molecule has 2 fully saturated rings. The first kappa shape index (κ1) is 15.1. The van der Waals surface area contributed by atoms with E-state index in [2.05, 4.69) is 28.6 Å². The predicted molar refractivity (Wildman–Crippen MR) is 89.2 cm³/mol. The average Bonchev–Trinajstić information content (AvgIpc) is 3.11. The quantitative estimate of drug-likeness (QED) is 0.847. The molecule has 23 heavy (non-hydrogen) atoms. The number of rotatable bonds is 2. The zero-order valence-corrected chi connectivity index (χ0v) is 14.3. The highest BCUT2D eigenvalue weighted by atomic mass is 32.1. The maximum Gasteiger partial charge on any atom is 0.326 e. The second-order valence-corrected chi connectivity index (χ2v) is 7.99. The number of imide groups is 1. The van der Waals surface area contributed by atoms with Gasteiger partial charge in [-0.2, -0.15) is 0 Å². The van der Waals surface area contributed by atoms with Gasteiger partial charge in [0, 0.05) is 17.5 Å². The smallest absolute Gasteiger partial charge is 0.323 e. The second-order valence-electron chi connectivity index (χ2n) is 6.98. The van der Waals surface area contributed by atoms with Crippen LogP contribution >= 0.6 is 11.3 Å². The van der Waals surface area contributed by atoms with Gasteiger partial charge in [0.2, 0.25) is 0 Å². The summed E-state index contributed by atoms with van der Waals surface area (Å²) in [5, 5.41) is 5.13. The Hall–Kier alpha value is -1.40. The lowest BCUT2D eigenvalue weighted by atomic mass is 9.82. The van der Waals surface area contributed by atoms with Crippen LogP contribution in [0.1, 0.15) is 55.5 Å². The van der Waals surface area contributed by atoms with Gasteiger partial charge in [0.05, 0.1) is 6.67 Å². The number of nitrogens with zero attached hydrogens (tertiary/aromatic N) is 2. The van der Waals surface area contributed by atoms with E-state index in [0.717, 1.165) is 45.1 Å². The lowest BCUT2D eigenvalue weighted by Crippen LogP contribution is -2.49. The van der Waals surface area contributed by atoms with Crippen LogP contribution in [-0.4, -0.2) is 40.5 Å². The van der Waals surface area contributed by atoms with Gasteiger partial charge >= 0.3 is 6.03 Å². The van der Waals surface area contributed by atoms with Crippen LogP contribution < -0.4 is 5.32 Å². The van der Waals surface area contributed by atoms with Gasteiger partial charge in [0.1, 0.15) is 5.54 Å². The Morgan fingerprint density at radius 3 is 2.87 bits per heavy atom. The lowest BCUT2D eigenvalue weighted by Gasteiger charge is -2.36. The van der Waals surface area contributed by atoms with Crippen LogP contribution in [0.25, 0.3) is 0 Å². The first-order valence-electron chi connectivity index (χ1n) is 8.55. The Morgan fingerprint density at radius 2 is 2.09 bits per heavy atom. The van der Waals surface area contributed by atoms with Crippen molar-refractivity contribution in [3.63, 3.8) is 0 Å². The van der Waals surface area contributed by atoms with Crippen LogP contribution in [0, 0.1) is 0 Å². The molecule has 124 valence electrons. The minimum atomic E-state index is -0.609. The number of urea groups is 1. The summed E-state index contributed by atoms with van der Waals surface area (Å²) in [7, 11) is 0. The average molecular weight is 333 g/mol. The number of carbonyl (C=O) groups excluding carboxylic acids is 2. The third kappa shape index (κ3) is 2.39. The highest BCUT2D eigenvalue weighted by Gasteiger charge is 2.51. The molecule has 4 rings (SSSR count). The minimum Gasteiger partial charge on any atom is -0.323 e. The number of hydrogen-bond acceptors (Lipinski definition) is 4. The van der Waals surface area contributed by atoms with Gasteiger partial charge in [0.15, 0.2) is 0 Å². The number of carbonyl (C=O) groups is 2. The van der Waals surface area contributed by atoms with Gasteiger partial charge in [-0.1, -0.05) is 19.3 Å². The van der Waals surface area contributed by atoms with E-state index in [4.69, 9.17) is 0 Å². The largest absolute Gasteiger partial charge is 0.326 e. The summed E-state index contributed by atoms with van der Waals surface area (Å²) in [4.78, 5) is 30.4. The fourth-order valence-electron chi connectivity index (χ4n) is 4.24. The summed E-state index contributed by atoms with van der Waals surface area (Å²) in [5.41, 5.74) is 0.739. The zero-order chi connectivity index (χ0) is 16.0. The van der Waals surface area contributed by atoms with Crippen molar-refractivity contribution >= 4 is 23.3 Å². The SMILES string of the molecule is C[C@H]1c2ccsc2CCN1CN1C(=O)NC2(CCCCC2)C1=O. The number of fused-ring (bicyclic) bond motifs is 1. The van der Waals surface area contributed by atoms with Crippen molar-refractivity contribution < 1.29 is 9.59 Å². The summed E-state index contributed by atoms with van der Waals surface area (Å²) >= 11 is 1.81. The third-order valence-corrected chi connectivity index (χ3v) is 6.68. The number of thiophene rings is 1. The highest BCUT2D eigenvalue weighted by molar-refractivity contribution is 7.10. The molecule has 0 unspecified atom stereocenters. The van der Waals surface area contributed by atoms with Crippen molar-refractivity contribution in [2.45, 2.75) is 57.0 Å². The van der Waals surface area contributed by atoms with Gasteiger partial charge in [-0.25, -0.2) is 9.69 Å². The Morgan fingerprint density at radius 1 is 1.30 bits per heavy atom. The Bertz CT molecular complexity index is 636. The van der Waals surface area contributed by atoms with Gasteiger partial charge in [-0.05, 0) is 43.2 Å². The molecule has 1 aliphatic carbocycles. The van der Waals surface area contributed by atoms with Crippen molar-refractivity contribution in [1.82, 2.24) is 15.1 Å². The zero-order valence-electron chi connectivity index (χ0n) is 13.5. The summed E-state index contributed by atoms with van der Waals surface area (Å²) in [6.45, 7) is 3.47. The molecule has 1 saturated heterocycles. The van der Waals surface area contributed by atoms with E-state index in [1.54, 1.807) is 11.3 Å². The van der Waals surface area contributed by atoms with Crippen molar-refractivity contribution in [3.8, 4) is 0 Å². The van der Waals surface area contributed by atoms with E-state index >= 15 is 0 Å². The van der Waals surface area contributed by atoms with Crippen molar-refractivity contribution in [2.75, 3.05) is 13.2 Å². The molecule has 1 saturated carbocycles. The molecule has 3 aliphatic rings. The Balaban J connectivity index is 1.51. The summed E-state index contributed by atoms with van der Waals surface area (Å²) in [5.74, 6) is -0.00878. The van der Waals surface area contributed by atoms with E-state index < -0.39 is 5.54 Å².